The van der Waals surface area contributed by atoms with E-state index in [1.165, 1.54) is 0 Å². The number of primary amides is 1. The number of hydrogen-bond donors (Lipinski definition) is 2. The number of nitrogens with one attached hydrogen (secondary N) is 1. The zero-order chi connectivity index (χ0) is 23.9. The van der Waals surface area contributed by atoms with Gasteiger partial charge in [-0.25, -0.2) is 8.78 Å². The van der Waals surface area contributed by atoms with Crippen LogP contribution in [0.15, 0.2) is 42.5 Å². The molecule has 33 heavy (non-hydrogen) atoms. The summed E-state index contributed by atoms with van der Waals surface area (Å²) in [5, 5.41) is 2.86. The first-order valence-corrected chi connectivity index (χ1v) is 11.1. The van der Waals surface area contributed by atoms with Crippen LogP contribution >= 0.6 is 0 Å². The molecule has 0 bridgehead atoms. The second-order valence-corrected chi connectivity index (χ2v) is 9.28. The van der Waals surface area contributed by atoms with Gasteiger partial charge in [-0.15, -0.1) is 0 Å². The number of carbonyl (C=O) groups is 3. The Labute approximate surface area is 191 Å². The minimum atomic E-state index is -1.53. The fraction of sp³-hybridized carbons (Fsp3) is 0.400. The molecule has 1 saturated heterocycles. The molecule has 6 nitrogen and oxygen atoms in total. The van der Waals surface area contributed by atoms with Gasteiger partial charge in [-0.3, -0.25) is 14.4 Å². The van der Waals surface area contributed by atoms with Crippen molar-refractivity contribution in [2.45, 2.75) is 51.2 Å². The lowest BCUT2D eigenvalue weighted by Crippen LogP contribution is -2.67. The highest BCUT2D eigenvalue weighted by Gasteiger charge is 2.49. The van der Waals surface area contributed by atoms with Gasteiger partial charge in [-0.05, 0) is 48.3 Å². The van der Waals surface area contributed by atoms with Gasteiger partial charge < -0.3 is 16.0 Å². The Morgan fingerprint density at radius 3 is 2.30 bits per heavy atom. The molecule has 174 valence electrons. The summed E-state index contributed by atoms with van der Waals surface area (Å²) in [5.41, 5.74) is 7.64. The SMILES string of the molecule is CC(C)C[C@@H]1C(=O)N[C@H](C2Cc3ccccc3C2)C(=O)N1[C@@H](C(N)=O)c1ccc(F)cc1F. The molecule has 3 N–H and O–H groups in total. The van der Waals surface area contributed by atoms with Crippen molar-refractivity contribution in [1.29, 1.82) is 0 Å². The van der Waals surface area contributed by atoms with Gasteiger partial charge in [-0.2, -0.15) is 0 Å². The smallest absolute Gasteiger partial charge is 0.247 e. The number of nitrogens with two attached hydrogens (primary N) is 1. The topological polar surface area (TPSA) is 92.5 Å². The Morgan fingerprint density at radius 1 is 1.12 bits per heavy atom. The summed E-state index contributed by atoms with van der Waals surface area (Å²) in [4.78, 5) is 40.7. The first-order valence-electron chi connectivity index (χ1n) is 11.1. The highest BCUT2D eigenvalue weighted by Crippen LogP contribution is 2.35. The molecule has 4 rings (SSSR count). The van der Waals surface area contributed by atoms with E-state index in [0.29, 0.717) is 18.9 Å². The molecule has 1 fully saturated rings. The predicted octanol–water partition coefficient (Wildman–Crippen LogP) is 2.65. The third-order valence-corrected chi connectivity index (χ3v) is 6.51. The molecular formula is C25H27F2N3O3. The van der Waals surface area contributed by atoms with Gasteiger partial charge in [-0.1, -0.05) is 44.2 Å². The first kappa shape index (κ1) is 22.9. The number of fused-ring (bicyclic) bond motifs is 1. The highest BCUT2D eigenvalue weighted by molar-refractivity contribution is 6.00. The standard InChI is InChI=1S/C25H27F2N3O3/c1-13(2)9-20-24(32)29-21(16-10-14-5-3-4-6-15(14)11-16)25(33)30(20)22(23(28)31)18-8-7-17(26)12-19(18)27/h3-8,12-13,16,20-22H,9-11H2,1-2H3,(H2,28,31)(H,29,32)/t20-,21-,22-/m1/s1. The Hall–Kier alpha value is -3.29. The van der Waals surface area contributed by atoms with E-state index in [9.17, 15) is 23.2 Å². The van der Waals surface area contributed by atoms with Crippen LogP contribution in [0, 0.1) is 23.5 Å². The summed E-state index contributed by atoms with van der Waals surface area (Å²) in [7, 11) is 0. The van der Waals surface area contributed by atoms with E-state index in [4.69, 9.17) is 5.73 Å². The quantitative estimate of drug-likeness (QED) is 0.702. The van der Waals surface area contributed by atoms with Crippen molar-refractivity contribution in [1.82, 2.24) is 10.2 Å². The second-order valence-electron chi connectivity index (χ2n) is 9.28. The number of halogens is 2. The number of piperazine rings is 1. The van der Waals surface area contributed by atoms with E-state index in [0.717, 1.165) is 28.2 Å². The normalized spacial score (nSPS) is 21.8. The average Bonchev–Trinajstić information content (AvgIpc) is 3.17. The molecule has 0 unspecified atom stereocenters. The zero-order valence-corrected chi connectivity index (χ0v) is 18.6. The average molecular weight is 456 g/mol. The van der Waals surface area contributed by atoms with Crippen LogP contribution in [-0.2, 0) is 27.2 Å². The Morgan fingerprint density at radius 2 is 1.76 bits per heavy atom. The van der Waals surface area contributed by atoms with Gasteiger partial charge in [0.25, 0.3) is 0 Å². The van der Waals surface area contributed by atoms with Crippen LogP contribution in [0.4, 0.5) is 8.78 Å². The summed E-state index contributed by atoms with van der Waals surface area (Å²) in [6.07, 6.45) is 1.46. The summed E-state index contributed by atoms with van der Waals surface area (Å²) in [6, 6.07) is 7.17. The third-order valence-electron chi connectivity index (χ3n) is 6.51. The van der Waals surface area contributed by atoms with E-state index in [-0.39, 0.29) is 23.8 Å². The van der Waals surface area contributed by atoms with Crippen LogP contribution in [0.1, 0.15) is 43.0 Å². The lowest BCUT2D eigenvalue weighted by molar-refractivity contribution is -0.157. The van der Waals surface area contributed by atoms with E-state index in [1.54, 1.807) is 0 Å². The van der Waals surface area contributed by atoms with Gasteiger partial charge in [0.1, 0.15) is 29.8 Å². The highest BCUT2D eigenvalue weighted by atomic mass is 19.1. The molecule has 2 aliphatic rings. The third kappa shape index (κ3) is 4.34. The van der Waals surface area contributed by atoms with Crippen molar-refractivity contribution in [3.05, 3.63) is 70.8 Å². The molecule has 2 aromatic rings. The van der Waals surface area contributed by atoms with E-state index in [2.05, 4.69) is 5.32 Å². The van der Waals surface area contributed by atoms with Crippen molar-refractivity contribution in [3.63, 3.8) is 0 Å². The Kier molecular flexibility index (Phi) is 6.19. The first-order chi connectivity index (χ1) is 15.7. The van der Waals surface area contributed by atoms with E-state index in [1.807, 2.05) is 38.1 Å². The predicted molar refractivity (Wildman–Crippen MR) is 118 cm³/mol. The molecule has 3 atom stereocenters. The maximum Gasteiger partial charge on any atom is 0.247 e. The molecule has 3 amide bonds. The Balaban J connectivity index is 1.74. The monoisotopic (exact) mass is 455 g/mol. The minimum absolute atomic E-state index is 0.00919. The molecule has 0 spiro atoms. The lowest BCUT2D eigenvalue weighted by Gasteiger charge is -2.44. The second kappa shape index (κ2) is 8.92. The summed E-state index contributed by atoms with van der Waals surface area (Å²) >= 11 is 0. The van der Waals surface area contributed by atoms with Gasteiger partial charge in [0.05, 0.1) is 0 Å². The molecular weight excluding hydrogens is 428 g/mol. The number of benzene rings is 2. The largest absolute Gasteiger partial charge is 0.368 e. The summed E-state index contributed by atoms with van der Waals surface area (Å²) in [6.45, 7) is 3.76. The minimum Gasteiger partial charge on any atom is -0.368 e. The van der Waals surface area contributed by atoms with Gasteiger partial charge in [0.15, 0.2) is 0 Å². The van der Waals surface area contributed by atoms with Crippen molar-refractivity contribution >= 4 is 17.7 Å². The van der Waals surface area contributed by atoms with Gasteiger partial charge in [0.2, 0.25) is 17.7 Å². The summed E-state index contributed by atoms with van der Waals surface area (Å²) in [5.74, 6) is -3.87. The van der Waals surface area contributed by atoms with Gasteiger partial charge >= 0.3 is 0 Å². The van der Waals surface area contributed by atoms with Crippen LogP contribution in [0.25, 0.3) is 0 Å². The molecule has 2 aromatic carbocycles. The van der Waals surface area contributed by atoms with Crippen LogP contribution in [-0.4, -0.2) is 34.7 Å². The van der Waals surface area contributed by atoms with Crippen molar-refractivity contribution < 1.29 is 23.2 Å². The maximum atomic E-state index is 14.7. The molecule has 0 saturated carbocycles. The van der Waals surface area contributed by atoms with Crippen molar-refractivity contribution in [3.8, 4) is 0 Å². The zero-order valence-electron chi connectivity index (χ0n) is 18.6. The fourth-order valence-corrected chi connectivity index (χ4v) is 5.04. The number of amides is 3. The van der Waals surface area contributed by atoms with Crippen LogP contribution < -0.4 is 11.1 Å². The van der Waals surface area contributed by atoms with E-state index >= 15 is 0 Å². The fourth-order valence-electron chi connectivity index (χ4n) is 5.04. The van der Waals surface area contributed by atoms with Crippen molar-refractivity contribution in [2.24, 2.45) is 17.6 Å². The molecule has 1 heterocycles. The molecule has 0 radical (unpaired) electrons. The van der Waals surface area contributed by atoms with Crippen LogP contribution in [0.5, 0.6) is 0 Å². The molecule has 0 aromatic heterocycles. The molecule has 1 aliphatic carbocycles. The Bertz CT molecular complexity index is 1080. The number of hydrogen-bond acceptors (Lipinski definition) is 3. The van der Waals surface area contributed by atoms with Crippen LogP contribution in [0.3, 0.4) is 0 Å². The van der Waals surface area contributed by atoms with Crippen molar-refractivity contribution in [2.75, 3.05) is 0 Å². The number of nitrogens with zero attached hydrogens (tertiary/aromatic N) is 1. The van der Waals surface area contributed by atoms with E-state index < -0.39 is 47.5 Å². The molecule has 8 heteroatoms. The van der Waals surface area contributed by atoms with Crippen LogP contribution in [0.2, 0.25) is 0 Å². The number of rotatable bonds is 6. The number of carbonyl (C=O) groups excluding carboxylic acids is 3. The van der Waals surface area contributed by atoms with Gasteiger partial charge in [0, 0.05) is 11.6 Å². The lowest BCUT2D eigenvalue weighted by atomic mass is 9.88. The molecule has 1 aliphatic heterocycles. The summed E-state index contributed by atoms with van der Waals surface area (Å²) < 4.78 is 28.3. The maximum absolute atomic E-state index is 14.7.